The van der Waals surface area contributed by atoms with Crippen LogP contribution in [0.1, 0.15) is 53.0 Å². The summed E-state index contributed by atoms with van der Waals surface area (Å²) in [6.45, 7) is 11.9. The fourth-order valence-corrected chi connectivity index (χ4v) is 4.56. The number of piperazine rings is 1. The molecule has 1 N–H and O–H groups in total. The molecule has 0 bridgehead atoms. The van der Waals surface area contributed by atoms with E-state index in [1.165, 1.54) is 4.31 Å². The Labute approximate surface area is 179 Å². The monoisotopic (exact) mass is 439 g/mol. The van der Waals surface area contributed by atoms with E-state index in [1.54, 1.807) is 44.7 Å². The molecule has 1 fully saturated rings. The van der Waals surface area contributed by atoms with E-state index in [1.807, 2.05) is 12.1 Å². The SMILES string of the molecule is CC(C)c1ccc(S(=O)(=O)N2CCN(C(=O)[C@@H](C)NC(=O)OC(C)(C)C)CC2)cc1. The maximum atomic E-state index is 12.9. The quantitative estimate of drug-likeness (QED) is 0.761. The van der Waals surface area contributed by atoms with Gasteiger partial charge in [-0.3, -0.25) is 4.79 Å². The molecular weight excluding hydrogens is 406 g/mol. The van der Waals surface area contributed by atoms with Crippen LogP contribution in [0.15, 0.2) is 29.2 Å². The van der Waals surface area contributed by atoms with Gasteiger partial charge in [-0.2, -0.15) is 4.31 Å². The second-order valence-electron chi connectivity index (χ2n) is 8.82. The Morgan fingerprint density at radius 3 is 2.00 bits per heavy atom. The van der Waals surface area contributed by atoms with Crippen molar-refractivity contribution in [2.24, 2.45) is 0 Å². The van der Waals surface area contributed by atoms with Crippen LogP contribution in [0, 0.1) is 0 Å². The Balaban J connectivity index is 1.94. The minimum atomic E-state index is -3.61. The van der Waals surface area contributed by atoms with Crippen molar-refractivity contribution < 1.29 is 22.7 Å². The van der Waals surface area contributed by atoms with Crippen LogP contribution in [0.3, 0.4) is 0 Å². The number of carbonyl (C=O) groups is 2. The van der Waals surface area contributed by atoms with Crippen LogP contribution < -0.4 is 5.32 Å². The van der Waals surface area contributed by atoms with Crippen LogP contribution in [0.2, 0.25) is 0 Å². The molecule has 0 aliphatic carbocycles. The van der Waals surface area contributed by atoms with Gasteiger partial charge in [-0.25, -0.2) is 13.2 Å². The lowest BCUT2D eigenvalue weighted by Crippen LogP contribution is -2.55. The van der Waals surface area contributed by atoms with Crippen LogP contribution >= 0.6 is 0 Å². The lowest BCUT2D eigenvalue weighted by Gasteiger charge is -2.35. The Bertz CT molecular complexity index is 852. The number of amides is 2. The standard InChI is InChI=1S/C21H33N3O5S/c1-15(2)17-7-9-18(10-8-17)30(27,28)24-13-11-23(12-14-24)19(25)16(3)22-20(26)29-21(4,5)6/h7-10,15-16H,11-14H2,1-6H3,(H,22,26)/t16-/m1/s1. The highest BCUT2D eigenvalue weighted by Crippen LogP contribution is 2.21. The number of benzene rings is 1. The van der Waals surface area contributed by atoms with Gasteiger partial charge >= 0.3 is 6.09 Å². The molecule has 1 aliphatic rings. The predicted octanol–water partition coefficient (Wildman–Crippen LogP) is 2.56. The zero-order valence-electron chi connectivity index (χ0n) is 18.6. The molecule has 0 unspecified atom stereocenters. The second kappa shape index (κ2) is 9.34. The Kier molecular flexibility index (Phi) is 7.52. The largest absolute Gasteiger partial charge is 0.444 e. The van der Waals surface area contributed by atoms with Crippen molar-refractivity contribution in [1.82, 2.24) is 14.5 Å². The highest BCUT2D eigenvalue weighted by atomic mass is 32.2. The fourth-order valence-electron chi connectivity index (χ4n) is 3.14. The lowest BCUT2D eigenvalue weighted by atomic mass is 10.0. The number of carbonyl (C=O) groups excluding carboxylic acids is 2. The summed E-state index contributed by atoms with van der Waals surface area (Å²) < 4.78 is 32.4. The number of ether oxygens (including phenoxy) is 1. The maximum absolute atomic E-state index is 12.9. The fraction of sp³-hybridized carbons (Fsp3) is 0.619. The zero-order valence-corrected chi connectivity index (χ0v) is 19.5. The second-order valence-corrected chi connectivity index (χ2v) is 10.8. The van der Waals surface area contributed by atoms with Gasteiger partial charge in [0, 0.05) is 26.2 Å². The Hall–Kier alpha value is -2.13. The number of alkyl carbamates (subject to hydrolysis) is 1. The average Bonchev–Trinajstić information content (AvgIpc) is 2.66. The molecular formula is C21H33N3O5S. The first-order chi connectivity index (χ1) is 13.8. The third-order valence-electron chi connectivity index (χ3n) is 4.84. The van der Waals surface area contributed by atoms with Gasteiger partial charge in [0.05, 0.1) is 4.90 Å². The van der Waals surface area contributed by atoms with Crippen molar-refractivity contribution in [2.45, 2.75) is 64.0 Å². The number of nitrogens with one attached hydrogen (secondary N) is 1. The molecule has 168 valence electrons. The van der Waals surface area contributed by atoms with Crippen LogP contribution in [0.5, 0.6) is 0 Å². The zero-order chi connectivity index (χ0) is 22.7. The molecule has 1 atom stereocenters. The van der Waals surface area contributed by atoms with E-state index in [4.69, 9.17) is 4.74 Å². The van der Waals surface area contributed by atoms with Crippen molar-refractivity contribution in [2.75, 3.05) is 26.2 Å². The number of sulfonamides is 1. The number of hydrogen-bond acceptors (Lipinski definition) is 5. The predicted molar refractivity (Wildman–Crippen MR) is 115 cm³/mol. The first-order valence-corrected chi connectivity index (χ1v) is 11.6. The minimum absolute atomic E-state index is 0.208. The Morgan fingerprint density at radius 1 is 1.00 bits per heavy atom. The van der Waals surface area contributed by atoms with Gasteiger partial charge < -0.3 is 15.0 Å². The van der Waals surface area contributed by atoms with Crippen molar-refractivity contribution in [1.29, 1.82) is 0 Å². The minimum Gasteiger partial charge on any atom is -0.444 e. The summed E-state index contributed by atoms with van der Waals surface area (Å²) >= 11 is 0. The first kappa shape index (κ1) is 24.1. The van der Waals surface area contributed by atoms with Crippen LogP contribution in [0.4, 0.5) is 4.79 Å². The van der Waals surface area contributed by atoms with Gasteiger partial charge in [0.1, 0.15) is 11.6 Å². The summed E-state index contributed by atoms with van der Waals surface area (Å²) in [5, 5.41) is 2.53. The van der Waals surface area contributed by atoms with Gasteiger partial charge in [-0.05, 0) is 51.3 Å². The van der Waals surface area contributed by atoms with E-state index < -0.39 is 27.8 Å². The summed E-state index contributed by atoms with van der Waals surface area (Å²) in [6, 6.07) is 6.18. The molecule has 0 radical (unpaired) electrons. The normalized spacial score (nSPS) is 17.0. The average molecular weight is 440 g/mol. The highest BCUT2D eigenvalue weighted by Gasteiger charge is 2.32. The topological polar surface area (TPSA) is 96.0 Å². The summed E-state index contributed by atoms with van der Waals surface area (Å²) in [5.41, 5.74) is 0.427. The van der Waals surface area contributed by atoms with Crippen molar-refractivity contribution in [3.8, 4) is 0 Å². The van der Waals surface area contributed by atoms with Crippen molar-refractivity contribution >= 4 is 22.0 Å². The molecule has 1 aromatic rings. The molecule has 1 aromatic carbocycles. The molecule has 0 saturated carbocycles. The first-order valence-electron chi connectivity index (χ1n) is 10.2. The summed E-state index contributed by atoms with van der Waals surface area (Å²) in [6.07, 6.45) is -0.658. The summed E-state index contributed by atoms with van der Waals surface area (Å²) in [4.78, 5) is 26.3. The van der Waals surface area contributed by atoms with E-state index in [0.717, 1.165) is 5.56 Å². The smallest absolute Gasteiger partial charge is 0.408 e. The van der Waals surface area contributed by atoms with Gasteiger partial charge in [-0.1, -0.05) is 26.0 Å². The molecule has 1 aliphatic heterocycles. The third-order valence-corrected chi connectivity index (χ3v) is 6.75. The van der Waals surface area contributed by atoms with Gasteiger partial charge in [0.2, 0.25) is 15.9 Å². The molecule has 9 heteroatoms. The molecule has 8 nitrogen and oxygen atoms in total. The molecule has 1 heterocycles. The molecule has 2 rings (SSSR count). The summed E-state index contributed by atoms with van der Waals surface area (Å²) in [7, 11) is -3.61. The van der Waals surface area contributed by atoms with E-state index >= 15 is 0 Å². The van der Waals surface area contributed by atoms with Crippen LogP contribution in [0.25, 0.3) is 0 Å². The van der Waals surface area contributed by atoms with E-state index in [0.29, 0.717) is 5.92 Å². The summed E-state index contributed by atoms with van der Waals surface area (Å²) in [5.74, 6) is 0.0618. The lowest BCUT2D eigenvalue weighted by molar-refractivity contribution is -0.134. The number of nitrogens with zero attached hydrogens (tertiary/aromatic N) is 2. The van der Waals surface area contributed by atoms with Crippen molar-refractivity contribution in [3.05, 3.63) is 29.8 Å². The van der Waals surface area contributed by atoms with E-state index in [-0.39, 0.29) is 37.0 Å². The molecule has 1 saturated heterocycles. The molecule has 30 heavy (non-hydrogen) atoms. The third kappa shape index (κ3) is 6.18. The molecule has 2 amide bonds. The molecule has 0 aromatic heterocycles. The molecule has 0 spiro atoms. The van der Waals surface area contributed by atoms with E-state index in [9.17, 15) is 18.0 Å². The van der Waals surface area contributed by atoms with Gasteiger partial charge in [0.25, 0.3) is 0 Å². The van der Waals surface area contributed by atoms with Crippen LogP contribution in [-0.4, -0.2) is 67.4 Å². The van der Waals surface area contributed by atoms with Crippen molar-refractivity contribution in [3.63, 3.8) is 0 Å². The van der Waals surface area contributed by atoms with Crippen LogP contribution in [-0.2, 0) is 19.6 Å². The van der Waals surface area contributed by atoms with Gasteiger partial charge in [-0.15, -0.1) is 0 Å². The maximum Gasteiger partial charge on any atom is 0.408 e. The van der Waals surface area contributed by atoms with Gasteiger partial charge in [0.15, 0.2) is 0 Å². The van der Waals surface area contributed by atoms with E-state index in [2.05, 4.69) is 19.2 Å². The Morgan fingerprint density at radius 2 is 1.53 bits per heavy atom. The highest BCUT2D eigenvalue weighted by molar-refractivity contribution is 7.89. The number of rotatable bonds is 5. The number of hydrogen-bond donors (Lipinski definition) is 1.